The molecule has 0 heterocycles. The summed E-state index contributed by atoms with van der Waals surface area (Å²) in [4.78, 5) is 2.52. The van der Waals surface area contributed by atoms with Crippen molar-refractivity contribution in [1.82, 2.24) is 4.90 Å². The lowest BCUT2D eigenvalue weighted by Gasteiger charge is -2.42. The largest absolute Gasteiger partial charge is 0.329 e. The van der Waals surface area contributed by atoms with Crippen molar-refractivity contribution in [3.8, 4) is 0 Å². The molecule has 0 spiro atoms. The molecule has 0 aromatic carbocycles. The van der Waals surface area contributed by atoms with Gasteiger partial charge >= 0.3 is 0 Å². The third-order valence-corrected chi connectivity index (χ3v) is 3.90. The van der Waals surface area contributed by atoms with Gasteiger partial charge in [0.25, 0.3) is 0 Å². The summed E-state index contributed by atoms with van der Waals surface area (Å²) in [5.41, 5.74) is 6.30. The molecule has 0 radical (unpaired) electrons. The number of hydrogen-bond donors (Lipinski definition) is 1. The van der Waals surface area contributed by atoms with E-state index < -0.39 is 0 Å². The molecule has 16 heavy (non-hydrogen) atoms. The van der Waals surface area contributed by atoms with E-state index in [0.29, 0.717) is 0 Å². The zero-order valence-electron chi connectivity index (χ0n) is 12.1. The molecule has 0 aliphatic carbocycles. The van der Waals surface area contributed by atoms with Gasteiger partial charge in [-0.25, -0.2) is 0 Å². The highest BCUT2D eigenvalue weighted by molar-refractivity contribution is 4.90. The van der Waals surface area contributed by atoms with Gasteiger partial charge in [-0.3, -0.25) is 4.90 Å². The van der Waals surface area contributed by atoms with Gasteiger partial charge in [0.1, 0.15) is 0 Å². The molecule has 98 valence electrons. The fraction of sp³-hybridized carbons (Fsp3) is 1.00. The summed E-state index contributed by atoms with van der Waals surface area (Å²) in [6.07, 6.45) is 6.15. The molecular formula is C14H32N2. The highest BCUT2D eigenvalue weighted by Crippen LogP contribution is 2.26. The van der Waals surface area contributed by atoms with Crippen LogP contribution in [0.3, 0.4) is 0 Å². The summed E-state index contributed by atoms with van der Waals surface area (Å²) in [5.74, 6) is 0.768. The van der Waals surface area contributed by atoms with Crippen LogP contribution in [0, 0.1) is 5.92 Å². The first-order valence-corrected chi connectivity index (χ1v) is 6.97. The number of nitrogens with zero attached hydrogens (tertiary/aromatic N) is 1. The molecule has 1 atom stereocenters. The van der Waals surface area contributed by atoms with Crippen LogP contribution < -0.4 is 5.73 Å². The minimum atomic E-state index is 0.243. The smallest absolute Gasteiger partial charge is 0.0328 e. The molecule has 0 saturated carbocycles. The molecule has 0 aliphatic rings. The third-order valence-electron chi connectivity index (χ3n) is 3.90. The minimum Gasteiger partial charge on any atom is -0.329 e. The Hall–Kier alpha value is -0.0800. The normalized spacial score (nSPS) is 14.4. The van der Waals surface area contributed by atoms with Gasteiger partial charge in [-0.05, 0) is 25.8 Å². The first-order valence-electron chi connectivity index (χ1n) is 6.97. The lowest BCUT2D eigenvalue weighted by Crippen LogP contribution is -2.53. The zero-order chi connectivity index (χ0) is 12.6. The number of nitrogens with two attached hydrogens (primary N) is 1. The Morgan fingerprint density at radius 2 is 1.62 bits per heavy atom. The van der Waals surface area contributed by atoms with Crippen LogP contribution in [-0.2, 0) is 0 Å². The van der Waals surface area contributed by atoms with Crippen molar-refractivity contribution < 1.29 is 0 Å². The lowest BCUT2D eigenvalue weighted by molar-refractivity contribution is 0.0874. The first kappa shape index (κ1) is 15.9. The highest BCUT2D eigenvalue weighted by Gasteiger charge is 2.31. The van der Waals surface area contributed by atoms with Gasteiger partial charge in [-0.15, -0.1) is 0 Å². The van der Waals surface area contributed by atoms with Crippen LogP contribution in [0.1, 0.15) is 59.8 Å². The Kier molecular flexibility index (Phi) is 8.04. The minimum absolute atomic E-state index is 0.243. The average molecular weight is 228 g/mol. The topological polar surface area (TPSA) is 29.3 Å². The molecule has 0 aromatic rings. The molecule has 0 fully saturated rings. The fourth-order valence-corrected chi connectivity index (χ4v) is 2.59. The summed E-state index contributed by atoms with van der Waals surface area (Å²) in [5, 5.41) is 0. The molecule has 0 aromatic heterocycles. The second-order valence-electron chi connectivity index (χ2n) is 5.32. The zero-order valence-corrected chi connectivity index (χ0v) is 12.1. The van der Waals surface area contributed by atoms with E-state index >= 15 is 0 Å². The van der Waals surface area contributed by atoms with Gasteiger partial charge in [-0.2, -0.15) is 0 Å². The number of hydrogen-bond acceptors (Lipinski definition) is 2. The maximum atomic E-state index is 6.06. The van der Waals surface area contributed by atoms with E-state index in [1.807, 2.05) is 0 Å². The highest BCUT2D eigenvalue weighted by atomic mass is 15.2. The molecule has 2 nitrogen and oxygen atoms in total. The lowest BCUT2D eigenvalue weighted by atomic mass is 9.86. The van der Waals surface area contributed by atoms with Crippen LogP contribution in [0.25, 0.3) is 0 Å². The van der Waals surface area contributed by atoms with Gasteiger partial charge in [0, 0.05) is 18.6 Å². The number of likely N-dealkylation sites (N-methyl/N-ethyl adjacent to an activating group) is 1. The van der Waals surface area contributed by atoms with Gasteiger partial charge < -0.3 is 5.73 Å². The van der Waals surface area contributed by atoms with Crippen LogP contribution in [0.4, 0.5) is 0 Å². The maximum Gasteiger partial charge on any atom is 0.0328 e. The molecule has 2 heteroatoms. The maximum absolute atomic E-state index is 6.06. The van der Waals surface area contributed by atoms with Crippen molar-refractivity contribution in [2.24, 2.45) is 11.7 Å². The average Bonchev–Trinajstić information content (AvgIpc) is 2.28. The van der Waals surface area contributed by atoms with Crippen molar-refractivity contribution in [1.29, 1.82) is 0 Å². The van der Waals surface area contributed by atoms with E-state index in [1.165, 1.54) is 38.6 Å². The Labute approximate surface area is 103 Å². The van der Waals surface area contributed by atoms with E-state index in [-0.39, 0.29) is 5.54 Å². The summed E-state index contributed by atoms with van der Waals surface area (Å²) >= 11 is 0. The van der Waals surface area contributed by atoms with Crippen LogP contribution in [-0.4, -0.2) is 30.6 Å². The summed E-state index contributed by atoms with van der Waals surface area (Å²) < 4.78 is 0. The fourth-order valence-electron chi connectivity index (χ4n) is 2.59. The van der Waals surface area contributed by atoms with Crippen LogP contribution in [0.2, 0.25) is 0 Å². The van der Waals surface area contributed by atoms with Crippen LogP contribution >= 0.6 is 0 Å². The van der Waals surface area contributed by atoms with E-state index in [1.54, 1.807) is 0 Å². The van der Waals surface area contributed by atoms with Crippen molar-refractivity contribution in [2.45, 2.75) is 65.3 Å². The standard InChI is InChI=1S/C14H32N2/c1-6-9-14(12-15,10-7-2)16(5)11-13(4)8-3/h13H,6-12,15H2,1-5H3. The van der Waals surface area contributed by atoms with Crippen LogP contribution in [0.15, 0.2) is 0 Å². The van der Waals surface area contributed by atoms with Crippen molar-refractivity contribution in [3.05, 3.63) is 0 Å². The monoisotopic (exact) mass is 228 g/mol. The molecule has 0 bridgehead atoms. The Morgan fingerprint density at radius 1 is 1.12 bits per heavy atom. The van der Waals surface area contributed by atoms with Gasteiger partial charge in [0.15, 0.2) is 0 Å². The molecule has 0 aliphatic heterocycles. The Balaban J connectivity index is 4.57. The van der Waals surface area contributed by atoms with Crippen molar-refractivity contribution in [2.75, 3.05) is 20.1 Å². The summed E-state index contributed by atoms with van der Waals surface area (Å²) in [7, 11) is 2.25. The van der Waals surface area contributed by atoms with Gasteiger partial charge in [0.05, 0.1) is 0 Å². The predicted octanol–water partition coefficient (Wildman–Crippen LogP) is 3.26. The Morgan fingerprint density at radius 3 is 1.94 bits per heavy atom. The van der Waals surface area contributed by atoms with Gasteiger partial charge in [0.2, 0.25) is 0 Å². The molecule has 2 N–H and O–H groups in total. The second kappa shape index (κ2) is 8.08. The summed E-state index contributed by atoms with van der Waals surface area (Å²) in [6.45, 7) is 11.1. The van der Waals surface area contributed by atoms with E-state index in [4.69, 9.17) is 5.73 Å². The second-order valence-corrected chi connectivity index (χ2v) is 5.32. The first-order chi connectivity index (χ1) is 7.56. The molecular weight excluding hydrogens is 196 g/mol. The van der Waals surface area contributed by atoms with Crippen molar-refractivity contribution in [3.63, 3.8) is 0 Å². The van der Waals surface area contributed by atoms with E-state index in [2.05, 4.69) is 39.6 Å². The van der Waals surface area contributed by atoms with Crippen LogP contribution in [0.5, 0.6) is 0 Å². The molecule has 1 unspecified atom stereocenters. The van der Waals surface area contributed by atoms with E-state index in [0.717, 1.165) is 12.5 Å². The van der Waals surface area contributed by atoms with Crippen molar-refractivity contribution >= 4 is 0 Å². The van der Waals surface area contributed by atoms with E-state index in [9.17, 15) is 0 Å². The molecule has 0 amide bonds. The SMILES string of the molecule is CCCC(CN)(CCC)N(C)CC(C)CC. The molecule has 0 saturated heterocycles. The Bertz CT molecular complexity index is 162. The predicted molar refractivity (Wildman–Crippen MR) is 73.7 cm³/mol. The summed E-state index contributed by atoms with van der Waals surface area (Å²) in [6, 6.07) is 0. The quantitative estimate of drug-likeness (QED) is 0.656. The number of rotatable bonds is 9. The third kappa shape index (κ3) is 4.42. The van der Waals surface area contributed by atoms with Gasteiger partial charge in [-0.1, -0.05) is 47.0 Å². The molecule has 0 rings (SSSR count).